The van der Waals surface area contributed by atoms with Gasteiger partial charge in [-0.05, 0) is 25.1 Å². The number of aromatic amines is 1. The summed E-state index contributed by atoms with van der Waals surface area (Å²) in [5.41, 5.74) is 0.140. The van der Waals surface area contributed by atoms with Crippen molar-refractivity contribution in [2.45, 2.75) is 20.0 Å². The van der Waals surface area contributed by atoms with Crippen LogP contribution in [0.4, 0.5) is 0 Å². The van der Waals surface area contributed by atoms with Gasteiger partial charge >= 0.3 is 5.69 Å². The van der Waals surface area contributed by atoms with Gasteiger partial charge in [-0.15, -0.1) is 0 Å². The average molecular weight is 350 g/mol. The highest BCUT2D eigenvalue weighted by atomic mass is 35.5. The first-order valence-electron chi connectivity index (χ1n) is 7.43. The minimum absolute atomic E-state index is 0.146. The van der Waals surface area contributed by atoms with Gasteiger partial charge in [-0.3, -0.25) is 19.1 Å². The van der Waals surface area contributed by atoms with Gasteiger partial charge in [-0.2, -0.15) is 0 Å². The van der Waals surface area contributed by atoms with Gasteiger partial charge in [0.15, 0.2) is 0 Å². The van der Waals surface area contributed by atoms with Gasteiger partial charge in [0.05, 0.1) is 6.54 Å². The first-order chi connectivity index (χ1) is 11.4. The van der Waals surface area contributed by atoms with E-state index in [0.29, 0.717) is 36.0 Å². The molecular weight excluding hydrogens is 334 g/mol. The molecule has 0 bridgehead atoms. The van der Waals surface area contributed by atoms with Gasteiger partial charge in [-0.1, -0.05) is 11.6 Å². The maximum atomic E-state index is 12.5. The Morgan fingerprint density at radius 2 is 2.17 bits per heavy atom. The molecule has 1 aliphatic heterocycles. The van der Waals surface area contributed by atoms with Crippen LogP contribution in [0.1, 0.15) is 11.1 Å². The van der Waals surface area contributed by atoms with Crippen LogP contribution in [-0.2, 0) is 17.9 Å². The fraction of sp³-hybridized carbons (Fsp3) is 0.312. The largest absolute Gasteiger partial charge is 0.491 e. The number of rotatable bonds is 2. The highest BCUT2D eigenvalue weighted by Crippen LogP contribution is 2.26. The molecule has 0 aliphatic carbocycles. The Kier molecular flexibility index (Phi) is 4.44. The molecule has 2 aromatic rings. The Balaban J connectivity index is 1.82. The van der Waals surface area contributed by atoms with E-state index in [1.54, 1.807) is 30.0 Å². The van der Waals surface area contributed by atoms with E-state index >= 15 is 0 Å². The number of hydrogen-bond acceptors (Lipinski definition) is 4. The van der Waals surface area contributed by atoms with Crippen LogP contribution < -0.4 is 16.0 Å². The number of carbonyl (C=O) groups excluding carboxylic acids is 1. The standard InChI is InChI=1S/C16H16ClN3O4/c1-10-7-20(16(23)18-15(10)22)9-14(21)19-4-5-24-13-3-2-12(17)6-11(13)8-19/h2-3,6-7H,4-5,8-9H2,1H3,(H,18,22,23). The number of H-pyrrole nitrogens is 1. The summed E-state index contributed by atoms with van der Waals surface area (Å²) < 4.78 is 6.82. The van der Waals surface area contributed by atoms with Crippen molar-refractivity contribution in [1.82, 2.24) is 14.5 Å². The summed E-state index contributed by atoms with van der Waals surface area (Å²) in [4.78, 5) is 39.6. The summed E-state index contributed by atoms with van der Waals surface area (Å²) in [6.07, 6.45) is 1.39. The molecule has 1 N–H and O–H groups in total. The molecule has 1 amide bonds. The Bertz CT molecular complexity index is 903. The number of halogens is 1. The number of nitrogens with one attached hydrogen (secondary N) is 1. The van der Waals surface area contributed by atoms with Crippen molar-refractivity contribution in [3.8, 4) is 5.75 Å². The van der Waals surface area contributed by atoms with E-state index in [1.807, 2.05) is 0 Å². The third kappa shape index (κ3) is 3.35. The second-order valence-corrected chi connectivity index (χ2v) is 6.05. The van der Waals surface area contributed by atoms with Crippen LogP contribution in [0, 0.1) is 6.92 Å². The monoisotopic (exact) mass is 349 g/mol. The van der Waals surface area contributed by atoms with Crippen LogP contribution in [-0.4, -0.2) is 33.5 Å². The van der Waals surface area contributed by atoms with E-state index in [1.165, 1.54) is 10.8 Å². The SMILES string of the molecule is Cc1cn(CC(=O)N2CCOc3ccc(Cl)cc3C2)c(=O)[nH]c1=O. The Hall–Kier alpha value is -2.54. The van der Waals surface area contributed by atoms with Crippen molar-refractivity contribution < 1.29 is 9.53 Å². The first-order valence-corrected chi connectivity index (χ1v) is 7.81. The zero-order chi connectivity index (χ0) is 17.3. The zero-order valence-electron chi connectivity index (χ0n) is 13.0. The zero-order valence-corrected chi connectivity index (χ0v) is 13.8. The predicted molar refractivity (Wildman–Crippen MR) is 88.4 cm³/mol. The molecule has 24 heavy (non-hydrogen) atoms. The van der Waals surface area contributed by atoms with Gasteiger partial charge < -0.3 is 9.64 Å². The van der Waals surface area contributed by atoms with E-state index in [9.17, 15) is 14.4 Å². The molecule has 0 atom stereocenters. The molecule has 1 aliphatic rings. The number of benzene rings is 1. The molecule has 126 valence electrons. The number of carbonyl (C=O) groups is 1. The number of hydrogen-bond donors (Lipinski definition) is 1. The second kappa shape index (κ2) is 6.52. The lowest BCUT2D eigenvalue weighted by Crippen LogP contribution is -2.39. The van der Waals surface area contributed by atoms with E-state index < -0.39 is 11.2 Å². The van der Waals surface area contributed by atoms with E-state index in [0.717, 1.165) is 5.56 Å². The predicted octanol–water partition coefficient (Wildman–Crippen LogP) is 0.920. The summed E-state index contributed by atoms with van der Waals surface area (Å²) >= 11 is 6.00. The Morgan fingerprint density at radius 1 is 1.38 bits per heavy atom. The van der Waals surface area contributed by atoms with Gasteiger partial charge in [0, 0.05) is 28.9 Å². The van der Waals surface area contributed by atoms with Crippen LogP contribution in [0.3, 0.4) is 0 Å². The average Bonchev–Trinajstić information content (AvgIpc) is 2.74. The van der Waals surface area contributed by atoms with Gasteiger partial charge in [0.2, 0.25) is 5.91 Å². The molecule has 8 heteroatoms. The fourth-order valence-electron chi connectivity index (χ4n) is 2.56. The lowest BCUT2D eigenvalue weighted by molar-refractivity contribution is -0.132. The minimum atomic E-state index is -0.603. The number of nitrogens with zero attached hydrogens (tertiary/aromatic N) is 2. The number of amides is 1. The maximum absolute atomic E-state index is 12.5. The van der Waals surface area contributed by atoms with E-state index in [2.05, 4.69) is 4.98 Å². The van der Waals surface area contributed by atoms with Crippen molar-refractivity contribution in [3.05, 3.63) is 61.4 Å². The second-order valence-electron chi connectivity index (χ2n) is 5.62. The highest BCUT2D eigenvalue weighted by molar-refractivity contribution is 6.30. The number of ether oxygens (including phenoxy) is 1. The summed E-state index contributed by atoms with van der Waals surface area (Å²) in [5.74, 6) is 0.465. The summed E-state index contributed by atoms with van der Waals surface area (Å²) in [5, 5.41) is 0.569. The Labute approximate surface area is 142 Å². The molecule has 1 aromatic carbocycles. The van der Waals surface area contributed by atoms with Crippen molar-refractivity contribution in [3.63, 3.8) is 0 Å². The molecule has 0 saturated carbocycles. The molecule has 0 radical (unpaired) electrons. The van der Waals surface area contributed by atoms with E-state index in [4.69, 9.17) is 16.3 Å². The quantitative estimate of drug-likeness (QED) is 0.873. The van der Waals surface area contributed by atoms with Crippen LogP contribution >= 0.6 is 11.6 Å². The molecule has 3 rings (SSSR count). The lowest BCUT2D eigenvalue weighted by Gasteiger charge is -2.20. The van der Waals surface area contributed by atoms with Crippen molar-refractivity contribution in [1.29, 1.82) is 0 Å². The van der Waals surface area contributed by atoms with Gasteiger partial charge in [0.25, 0.3) is 5.56 Å². The number of aromatic nitrogens is 2. The maximum Gasteiger partial charge on any atom is 0.328 e. The third-order valence-corrected chi connectivity index (χ3v) is 4.08. The topological polar surface area (TPSA) is 84.4 Å². The van der Waals surface area contributed by atoms with Crippen molar-refractivity contribution in [2.75, 3.05) is 13.2 Å². The smallest absolute Gasteiger partial charge is 0.328 e. The first kappa shape index (κ1) is 16.3. The number of aryl methyl sites for hydroxylation is 1. The molecule has 0 saturated heterocycles. The van der Waals surface area contributed by atoms with Crippen LogP contribution in [0.25, 0.3) is 0 Å². The minimum Gasteiger partial charge on any atom is -0.491 e. The van der Waals surface area contributed by atoms with Crippen LogP contribution in [0.5, 0.6) is 5.75 Å². The summed E-state index contributed by atoms with van der Waals surface area (Å²) in [6.45, 7) is 2.55. The van der Waals surface area contributed by atoms with Crippen LogP contribution in [0.15, 0.2) is 34.0 Å². The van der Waals surface area contributed by atoms with Crippen LogP contribution in [0.2, 0.25) is 5.02 Å². The molecular formula is C16H16ClN3O4. The molecule has 0 spiro atoms. The molecule has 1 aromatic heterocycles. The van der Waals surface area contributed by atoms with Crippen molar-refractivity contribution >= 4 is 17.5 Å². The summed E-state index contributed by atoms with van der Waals surface area (Å²) in [7, 11) is 0. The fourth-order valence-corrected chi connectivity index (χ4v) is 2.75. The number of fused-ring (bicyclic) bond motifs is 1. The summed E-state index contributed by atoms with van der Waals surface area (Å²) in [6, 6.07) is 5.28. The van der Waals surface area contributed by atoms with Crippen molar-refractivity contribution in [2.24, 2.45) is 0 Å². The van der Waals surface area contributed by atoms with Gasteiger partial charge in [-0.25, -0.2) is 4.79 Å². The molecule has 2 heterocycles. The molecule has 0 fully saturated rings. The Morgan fingerprint density at radius 3 is 2.96 bits per heavy atom. The lowest BCUT2D eigenvalue weighted by atomic mass is 10.2. The highest BCUT2D eigenvalue weighted by Gasteiger charge is 2.20. The van der Waals surface area contributed by atoms with E-state index in [-0.39, 0.29) is 12.5 Å². The molecule has 7 nitrogen and oxygen atoms in total. The van der Waals surface area contributed by atoms with Gasteiger partial charge in [0.1, 0.15) is 18.9 Å². The normalized spacial score (nSPS) is 13.8. The third-order valence-electron chi connectivity index (χ3n) is 3.85. The molecule has 0 unspecified atom stereocenters.